The number of likely N-dealkylation sites (N-methyl/N-ethyl adjacent to an activating group) is 2. The molecule has 2 rings (SSSR count). The molecule has 16 heteroatoms. The molecule has 2 unspecified atom stereocenters. The molecule has 0 aromatic carbocycles. The van der Waals surface area contributed by atoms with E-state index in [0.717, 1.165) is 12.7 Å². The molecule has 16 nitrogen and oxygen atoms in total. The zero-order valence-electron chi connectivity index (χ0n) is 25.8. The summed E-state index contributed by atoms with van der Waals surface area (Å²) >= 11 is 0. The summed E-state index contributed by atoms with van der Waals surface area (Å²) in [7, 11) is 0. The van der Waals surface area contributed by atoms with E-state index in [4.69, 9.17) is 0 Å². The van der Waals surface area contributed by atoms with Crippen LogP contribution >= 0.6 is 0 Å². The Bertz CT molecular complexity index is 1230. The third kappa shape index (κ3) is 9.37. The molecule has 6 N–H and O–H groups in total. The van der Waals surface area contributed by atoms with Crippen molar-refractivity contribution in [1.82, 2.24) is 40.4 Å². The number of imidazole rings is 2. The van der Waals surface area contributed by atoms with E-state index in [-0.39, 0.29) is 73.6 Å². The quantitative estimate of drug-likeness (QED) is 0.148. The highest BCUT2D eigenvalue weighted by molar-refractivity contribution is 6.06. The van der Waals surface area contributed by atoms with E-state index >= 15 is 0 Å². The fourth-order valence-electron chi connectivity index (χ4n) is 4.46. The number of amides is 4. The summed E-state index contributed by atoms with van der Waals surface area (Å²) in [4.78, 5) is 91.6. The van der Waals surface area contributed by atoms with Crippen LogP contribution in [-0.2, 0) is 9.59 Å². The minimum absolute atomic E-state index is 0.00440. The molecule has 0 aliphatic heterocycles. The average Bonchev–Trinajstić information content (AvgIpc) is 3.64. The predicted molar refractivity (Wildman–Crippen MR) is 157 cm³/mol. The molecule has 2 aromatic rings. The zero-order chi connectivity index (χ0) is 33.1. The fourth-order valence-corrected chi connectivity index (χ4v) is 4.46. The van der Waals surface area contributed by atoms with Crippen LogP contribution in [0.3, 0.4) is 0 Å². The van der Waals surface area contributed by atoms with Crippen LogP contribution in [0.5, 0.6) is 0 Å². The van der Waals surface area contributed by atoms with Crippen LogP contribution in [0.2, 0.25) is 0 Å². The van der Waals surface area contributed by atoms with Crippen molar-refractivity contribution in [2.75, 3.05) is 26.2 Å². The first-order chi connectivity index (χ1) is 20.7. The maximum absolute atomic E-state index is 13.4. The molecule has 0 aliphatic rings. The average molecular weight is 619 g/mol. The lowest BCUT2D eigenvalue weighted by Gasteiger charge is -2.26. The Kier molecular flexibility index (Phi) is 13.0. The Hall–Kier alpha value is -4.76. The molecule has 0 aliphatic carbocycles. The SMILES string of the molecule is CCN(CCN(CC)C(=O)c1[nH]cnc1C(=O)NC(CC(C)C)C(=O)O)C(=O)c1[nH]cnc1C(=O)NC(CC(C)C)C(=O)O. The third-order valence-electron chi connectivity index (χ3n) is 6.74. The molecule has 2 aromatic heterocycles. The van der Waals surface area contributed by atoms with Crippen molar-refractivity contribution in [3.8, 4) is 0 Å². The van der Waals surface area contributed by atoms with Crippen LogP contribution < -0.4 is 10.6 Å². The smallest absolute Gasteiger partial charge is 0.326 e. The lowest BCUT2D eigenvalue weighted by Crippen LogP contribution is -2.44. The number of hydrogen-bond donors (Lipinski definition) is 6. The first-order valence-corrected chi connectivity index (χ1v) is 14.4. The van der Waals surface area contributed by atoms with Gasteiger partial charge < -0.3 is 40.6 Å². The lowest BCUT2D eigenvalue weighted by atomic mass is 10.0. The molecular formula is C28H42N8O8. The molecule has 0 spiro atoms. The zero-order valence-corrected chi connectivity index (χ0v) is 25.8. The first-order valence-electron chi connectivity index (χ1n) is 14.4. The molecule has 0 saturated heterocycles. The number of carbonyl (C=O) groups excluding carboxylic acids is 4. The van der Waals surface area contributed by atoms with Crippen molar-refractivity contribution in [1.29, 1.82) is 0 Å². The van der Waals surface area contributed by atoms with Crippen LogP contribution in [0.15, 0.2) is 12.7 Å². The maximum Gasteiger partial charge on any atom is 0.326 e. The maximum atomic E-state index is 13.4. The number of aromatic nitrogens is 4. The van der Waals surface area contributed by atoms with Gasteiger partial charge in [-0.25, -0.2) is 19.6 Å². The van der Waals surface area contributed by atoms with Gasteiger partial charge >= 0.3 is 11.9 Å². The number of carbonyl (C=O) groups is 6. The van der Waals surface area contributed by atoms with Crippen LogP contribution in [0.25, 0.3) is 0 Å². The van der Waals surface area contributed by atoms with Crippen LogP contribution in [0.1, 0.15) is 96.3 Å². The number of aliphatic carboxylic acids is 2. The van der Waals surface area contributed by atoms with Gasteiger partial charge in [-0.3, -0.25) is 19.2 Å². The topological polar surface area (TPSA) is 231 Å². The molecule has 242 valence electrons. The van der Waals surface area contributed by atoms with Crippen molar-refractivity contribution < 1.29 is 39.0 Å². The van der Waals surface area contributed by atoms with Gasteiger partial charge in [-0.05, 0) is 38.5 Å². The van der Waals surface area contributed by atoms with Crippen molar-refractivity contribution >= 4 is 35.6 Å². The lowest BCUT2D eigenvalue weighted by molar-refractivity contribution is -0.140. The summed E-state index contributed by atoms with van der Waals surface area (Å²) in [6, 6.07) is -2.32. The number of hydrogen-bond acceptors (Lipinski definition) is 8. The van der Waals surface area contributed by atoms with Crippen LogP contribution in [0.4, 0.5) is 0 Å². The van der Waals surface area contributed by atoms with Crippen LogP contribution in [0, 0.1) is 11.8 Å². The van der Waals surface area contributed by atoms with E-state index in [9.17, 15) is 39.0 Å². The Labute approximate surface area is 255 Å². The van der Waals surface area contributed by atoms with Gasteiger partial charge in [-0.2, -0.15) is 0 Å². The van der Waals surface area contributed by atoms with Crippen molar-refractivity contribution in [3.05, 3.63) is 35.4 Å². The Morgan fingerprint density at radius 3 is 1.32 bits per heavy atom. The highest BCUT2D eigenvalue weighted by Crippen LogP contribution is 2.13. The molecule has 44 heavy (non-hydrogen) atoms. The van der Waals surface area contributed by atoms with Gasteiger partial charge in [-0.1, -0.05) is 27.7 Å². The Morgan fingerprint density at radius 2 is 1.05 bits per heavy atom. The molecule has 0 radical (unpaired) electrons. The van der Waals surface area contributed by atoms with E-state index in [1.807, 2.05) is 27.7 Å². The van der Waals surface area contributed by atoms with Gasteiger partial charge in [0.25, 0.3) is 23.6 Å². The molecule has 0 saturated carbocycles. The number of nitrogens with zero attached hydrogens (tertiary/aromatic N) is 4. The first kappa shape index (κ1) is 35.4. The second kappa shape index (κ2) is 16.2. The molecular weight excluding hydrogens is 576 g/mol. The summed E-state index contributed by atoms with van der Waals surface area (Å²) in [5, 5.41) is 23.8. The largest absolute Gasteiger partial charge is 0.480 e. The van der Waals surface area contributed by atoms with Gasteiger partial charge in [0, 0.05) is 26.2 Å². The molecule has 2 heterocycles. The van der Waals surface area contributed by atoms with Gasteiger partial charge in [-0.15, -0.1) is 0 Å². The number of aromatic amines is 2. The second-order valence-corrected chi connectivity index (χ2v) is 11.0. The summed E-state index contributed by atoms with van der Waals surface area (Å²) in [5.41, 5.74) is -0.766. The standard InChI is InChI=1S/C28H42N8O8/c1-7-35(25(39)21-19(29-13-31-21)23(37)33-17(27(41)42)11-15(3)4)9-10-36(8-2)26(40)22-20(30-14-32-22)24(38)34-18(28(43)44)12-16(5)6/h13-18H,7-12H2,1-6H3,(H,29,31)(H,30,32)(H,33,37)(H,34,38)(H,41,42)(H,43,44). The minimum atomic E-state index is -1.20. The summed E-state index contributed by atoms with van der Waals surface area (Å²) in [6.45, 7) is 11.2. The van der Waals surface area contributed by atoms with E-state index in [1.54, 1.807) is 13.8 Å². The monoisotopic (exact) mass is 618 g/mol. The van der Waals surface area contributed by atoms with Gasteiger partial charge in [0.2, 0.25) is 0 Å². The van der Waals surface area contributed by atoms with E-state index in [1.165, 1.54) is 9.80 Å². The van der Waals surface area contributed by atoms with E-state index < -0.39 is 47.7 Å². The normalized spacial score (nSPS) is 12.5. The number of carboxylic acid groups (broad SMARTS) is 2. The number of H-pyrrole nitrogens is 2. The number of nitrogens with one attached hydrogen (secondary N) is 4. The van der Waals surface area contributed by atoms with Crippen molar-refractivity contribution in [2.45, 2.75) is 66.5 Å². The Balaban J connectivity index is 2.15. The fraction of sp³-hybridized carbons (Fsp3) is 0.571. The molecule has 0 bridgehead atoms. The molecule has 2 atom stereocenters. The van der Waals surface area contributed by atoms with Crippen molar-refractivity contribution in [3.63, 3.8) is 0 Å². The van der Waals surface area contributed by atoms with Gasteiger partial charge in [0.05, 0.1) is 12.7 Å². The van der Waals surface area contributed by atoms with E-state index in [0.29, 0.717) is 0 Å². The predicted octanol–water partition coefficient (Wildman–Crippen LogP) is 1.22. The molecule has 0 fully saturated rings. The van der Waals surface area contributed by atoms with E-state index in [2.05, 4.69) is 30.6 Å². The minimum Gasteiger partial charge on any atom is -0.480 e. The second-order valence-electron chi connectivity index (χ2n) is 11.0. The third-order valence-corrected chi connectivity index (χ3v) is 6.74. The Morgan fingerprint density at radius 1 is 0.705 bits per heavy atom. The van der Waals surface area contributed by atoms with Gasteiger partial charge in [0.15, 0.2) is 11.4 Å². The number of carboxylic acids is 2. The number of rotatable bonds is 17. The molecule has 4 amide bonds. The highest BCUT2D eigenvalue weighted by Gasteiger charge is 2.30. The van der Waals surface area contributed by atoms with Crippen LogP contribution in [-0.4, -0.2) is 114 Å². The van der Waals surface area contributed by atoms with Crippen molar-refractivity contribution in [2.24, 2.45) is 11.8 Å². The summed E-state index contributed by atoms with van der Waals surface area (Å²) < 4.78 is 0. The highest BCUT2D eigenvalue weighted by atomic mass is 16.4. The summed E-state index contributed by atoms with van der Waals surface area (Å²) in [5.74, 6) is -5.21. The summed E-state index contributed by atoms with van der Waals surface area (Å²) in [6.07, 6.45) is 2.71. The van der Waals surface area contributed by atoms with Gasteiger partial charge in [0.1, 0.15) is 23.5 Å².